The predicted octanol–water partition coefficient (Wildman–Crippen LogP) is 2.15. The zero-order chi connectivity index (χ0) is 9.19. The van der Waals surface area contributed by atoms with Gasteiger partial charge in [-0.25, -0.2) is 0 Å². The van der Waals surface area contributed by atoms with Crippen molar-refractivity contribution >= 4 is 5.97 Å². The summed E-state index contributed by atoms with van der Waals surface area (Å²) < 4.78 is 4.79. The van der Waals surface area contributed by atoms with Gasteiger partial charge in [-0.2, -0.15) is 0 Å². The number of hydrogen-bond acceptors (Lipinski definition) is 2. The first kappa shape index (κ1) is 9.30. The fourth-order valence-electron chi connectivity index (χ4n) is 1.61. The van der Waals surface area contributed by atoms with E-state index in [4.69, 9.17) is 4.74 Å². The molecule has 1 aliphatic carbocycles. The maximum Gasteiger partial charge on any atom is 0.312 e. The molecular weight excluding hydrogens is 152 g/mol. The Morgan fingerprint density at radius 1 is 1.58 bits per heavy atom. The molecule has 0 heterocycles. The SMILES string of the molecule is COC(=O)[C@@]1(C)CC=CC[C@@H]1C. The number of carbonyl (C=O) groups is 1. The van der Waals surface area contributed by atoms with Crippen LogP contribution in [0.3, 0.4) is 0 Å². The topological polar surface area (TPSA) is 26.3 Å². The van der Waals surface area contributed by atoms with Crippen molar-refractivity contribution in [1.82, 2.24) is 0 Å². The summed E-state index contributed by atoms with van der Waals surface area (Å²) >= 11 is 0. The lowest BCUT2D eigenvalue weighted by Gasteiger charge is -2.33. The molecule has 0 aromatic carbocycles. The van der Waals surface area contributed by atoms with E-state index in [1.54, 1.807) is 0 Å². The van der Waals surface area contributed by atoms with E-state index in [1.807, 2.05) is 6.92 Å². The quantitative estimate of drug-likeness (QED) is 0.443. The van der Waals surface area contributed by atoms with Crippen molar-refractivity contribution in [2.24, 2.45) is 11.3 Å². The van der Waals surface area contributed by atoms with Gasteiger partial charge in [-0.05, 0) is 25.7 Å². The smallest absolute Gasteiger partial charge is 0.312 e. The van der Waals surface area contributed by atoms with Crippen molar-refractivity contribution in [3.63, 3.8) is 0 Å². The van der Waals surface area contributed by atoms with Gasteiger partial charge >= 0.3 is 5.97 Å². The third-order valence-corrected chi connectivity index (χ3v) is 2.94. The van der Waals surface area contributed by atoms with Crippen molar-refractivity contribution in [3.05, 3.63) is 12.2 Å². The fourth-order valence-corrected chi connectivity index (χ4v) is 1.61. The number of methoxy groups -OCH3 is 1. The van der Waals surface area contributed by atoms with E-state index in [9.17, 15) is 4.79 Å². The molecule has 2 nitrogen and oxygen atoms in total. The first-order valence-corrected chi connectivity index (χ1v) is 4.34. The van der Waals surface area contributed by atoms with Gasteiger partial charge in [-0.3, -0.25) is 4.79 Å². The molecule has 2 heteroatoms. The zero-order valence-electron chi connectivity index (χ0n) is 7.96. The normalized spacial score (nSPS) is 34.8. The Morgan fingerprint density at radius 3 is 2.75 bits per heavy atom. The Labute approximate surface area is 73.6 Å². The first-order chi connectivity index (χ1) is 5.61. The minimum atomic E-state index is -0.302. The number of rotatable bonds is 1. The van der Waals surface area contributed by atoms with Crippen LogP contribution in [-0.2, 0) is 9.53 Å². The standard InChI is InChI=1S/C10H16O2/c1-8-6-4-5-7-10(8,2)9(11)12-3/h4-5,8H,6-7H2,1-3H3/t8-,10-/m0/s1. The molecule has 0 spiro atoms. The van der Waals surface area contributed by atoms with Gasteiger partial charge in [0.1, 0.15) is 0 Å². The summed E-state index contributed by atoms with van der Waals surface area (Å²) in [5, 5.41) is 0. The van der Waals surface area contributed by atoms with Crippen LogP contribution in [0.25, 0.3) is 0 Å². The molecule has 0 unspecified atom stereocenters. The molecule has 0 radical (unpaired) electrons. The number of ether oxygens (including phenoxy) is 1. The molecule has 0 fully saturated rings. The Hall–Kier alpha value is -0.790. The molecule has 0 aromatic rings. The maximum absolute atomic E-state index is 11.4. The van der Waals surface area contributed by atoms with Crippen molar-refractivity contribution < 1.29 is 9.53 Å². The van der Waals surface area contributed by atoms with Crippen molar-refractivity contribution in [1.29, 1.82) is 0 Å². The summed E-state index contributed by atoms with van der Waals surface area (Å²) in [5.74, 6) is 0.300. The average molecular weight is 168 g/mol. The van der Waals surface area contributed by atoms with Gasteiger partial charge in [0.2, 0.25) is 0 Å². The summed E-state index contributed by atoms with van der Waals surface area (Å²) in [7, 11) is 1.46. The molecule has 0 aromatic heterocycles. The van der Waals surface area contributed by atoms with E-state index < -0.39 is 0 Å². The van der Waals surface area contributed by atoms with E-state index in [-0.39, 0.29) is 11.4 Å². The van der Waals surface area contributed by atoms with Gasteiger partial charge in [0, 0.05) is 0 Å². The largest absolute Gasteiger partial charge is 0.469 e. The van der Waals surface area contributed by atoms with Crippen molar-refractivity contribution in [3.8, 4) is 0 Å². The second-order valence-corrected chi connectivity index (χ2v) is 3.72. The van der Waals surface area contributed by atoms with Gasteiger partial charge in [-0.15, -0.1) is 0 Å². The minimum absolute atomic E-state index is 0.0839. The molecule has 1 aliphatic rings. The van der Waals surface area contributed by atoms with E-state index >= 15 is 0 Å². The molecule has 0 saturated heterocycles. The van der Waals surface area contributed by atoms with Crippen LogP contribution in [0.1, 0.15) is 26.7 Å². The first-order valence-electron chi connectivity index (χ1n) is 4.34. The lowest BCUT2D eigenvalue weighted by atomic mass is 9.71. The summed E-state index contributed by atoms with van der Waals surface area (Å²) in [6.45, 7) is 4.08. The zero-order valence-corrected chi connectivity index (χ0v) is 7.96. The van der Waals surface area contributed by atoms with E-state index in [2.05, 4.69) is 19.1 Å². The second kappa shape index (κ2) is 3.30. The van der Waals surface area contributed by atoms with E-state index in [1.165, 1.54) is 7.11 Å². The van der Waals surface area contributed by atoms with Crippen LogP contribution < -0.4 is 0 Å². The average Bonchev–Trinajstić information content (AvgIpc) is 2.09. The van der Waals surface area contributed by atoms with Crippen LogP contribution >= 0.6 is 0 Å². The highest BCUT2D eigenvalue weighted by atomic mass is 16.5. The van der Waals surface area contributed by atoms with Gasteiger partial charge in [0.05, 0.1) is 12.5 Å². The number of allylic oxidation sites excluding steroid dienone is 2. The molecule has 0 aliphatic heterocycles. The maximum atomic E-state index is 11.4. The van der Waals surface area contributed by atoms with Crippen LogP contribution in [0.15, 0.2) is 12.2 Å². The Balaban J connectivity index is 2.81. The van der Waals surface area contributed by atoms with Crippen molar-refractivity contribution in [2.75, 3.05) is 7.11 Å². The van der Waals surface area contributed by atoms with Gasteiger partial charge in [-0.1, -0.05) is 19.1 Å². The van der Waals surface area contributed by atoms with Crippen molar-refractivity contribution in [2.45, 2.75) is 26.7 Å². The number of esters is 1. The Bertz CT molecular complexity index is 208. The highest BCUT2D eigenvalue weighted by molar-refractivity contribution is 5.77. The summed E-state index contributed by atoms with van der Waals surface area (Å²) in [6.07, 6.45) is 5.98. The molecule has 0 bridgehead atoms. The van der Waals surface area contributed by atoms with Crippen LogP contribution in [0.2, 0.25) is 0 Å². The molecule has 1 rings (SSSR count). The summed E-state index contributed by atoms with van der Waals surface area (Å²) in [4.78, 5) is 11.4. The number of hydrogen-bond donors (Lipinski definition) is 0. The molecule has 0 amide bonds. The molecule has 2 atom stereocenters. The number of carbonyl (C=O) groups excluding carboxylic acids is 1. The van der Waals surface area contributed by atoms with Crippen LogP contribution in [-0.4, -0.2) is 13.1 Å². The minimum Gasteiger partial charge on any atom is -0.469 e. The predicted molar refractivity (Wildman–Crippen MR) is 47.7 cm³/mol. The van der Waals surface area contributed by atoms with Gasteiger partial charge in [0.25, 0.3) is 0 Å². The van der Waals surface area contributed by atoms with Crippen LogP contribution in [0.4, 0.5) is 0 Å². The third kappa shape index (κ3) is 1.38. The summed E-state index contributed by atoms with van der Waals surface area (Å²) in [6, 6.07) is 0. The second-order valence-electron chi connectivity index (χ2n) is 3.72. The fraction of sp³-hybridized carbons (Fsp3) is 0.700. The lowest BCUT2D eigenvalue weighted by molar-refractivity contribution is -0.154. The molecular formula is C10H16O2. The highest BCUT2D eigenvalue weighted by Crippen LogP contribution is 2.38. The van der Waals surface area contributed by atoms with E-state index in [0.29, 0.717) is 5.92 Å². The molecule has 68 valence electrons. The summed E-state index contributed by atoms with van der Waals surface area (Å²) in [5.41, 5.74) is -0.302. The van der Waals surface area contributed by atoms with Gasteiger partial charge in [0.15, 0.2) is 0 Å². The lowest BCUT2D eigenvalue weighted by Crippen LogP contribution is -2.36. The third-order valence-electron chi connectivity index (χ3n) is 2.94. The van der Waals surface area contributed by atoms with E-state index in [0.717, 1.165) is 12.8 Å². The van der Waals surface area contributed by atoms with Gasteiger partial charge < -0.3 is 4.74 Å². The Morgan fingerprint density at radius 2 is 2.25 bits per heavy atom. The Kier molecular flexibility index (Phi) is 2.55. The van der Waals surface area contributed by atoms with Crippen LogP contribution in [0, 0.1) is 11.3 Å². The molecule has 0 saturated carbocycles. The highest BCUT2D eigenvalue weighted by Gasteiger charge is 2.39. The van der Waals surface area contributed by atoms with Crippen LogP contribution in [0.5, 0.6) is 0 Å². The molecule has 12 heavy (non-hydrogen) atoms. The molecule has 0 N–H and O–H groups in total. The monoisotopic (exact) mass is 168 g/mol.